The van der Waals surface area contributed by atoms with E-state index in [0.29, 0.717) is 50.6 Å². The van der Waals surface area contributed by atoms with Crippen molar-refractivity contribution in [2.24, 2.45) is 22.0 Å². The van der Waals surface area contributed by atoms with Crippen molar-refractivity contribution >= 4 is 71.5 Å². The minimum atomic E-state index is -4.24. The van der Waals surface area contributed by atoms with Gasteiger partial charge in [0.15, 0.2) is 16.9 Å². The van der Waals surface area contributed by atoms with Crippen LogP contribution in [0.4, 0.5) is 9.93 Å². The van der Waals surface area contributed by atoms with E-state index in [1.807, 2.05) is 66.2 Å². The number of hydrogen-bond donors (Lipinski definition) is 9. The maximum absolute atomic E-state index is 14.1. The highest BCUT2D eigenvalue weighted by molar-refractivity contribution is 7.85. The van der Waals surface area contributed by atoms with Gasteiger partial charge in [-0.1, -0.05) is 61.6 Å². The van der Waals surface area contributed by atoms with Crippen LogP contribution in [0.5, 0.6) is 11.5 Å². The first kappa shape index (κ1) is 69.6. The van der Waals surface area contributed by atoms with Gasteiger partial charge in [0.1, 0.15) is 43.0 Å². The maximum Gasteiger partial charge on any atom is 0.410 e. The molecule has 10 N–H and O–H groups in total. The first-order valence-electron chi connectivity index (χ1n) is 31.6. The number of thiazole rings is 1. The first-order valence-corrected chi connectivity index (χ1v) is 34.0. The van der Waals surface area contributed by atoms with Gasteiger partial charge in [0.2, 0.25) is 6.29 Å². The Hall–Kier alpha value is -7.78. The third kappa shape index (κ3) is 15.9. The van der Waals surface area contributed by atoms with Crippen LogP contribution in [-0.2, 0) is 51.7 Å². The summed E-state index contributed by atoms with van der Waals surface area (Å²) in [6, 6.07) is 25.8. The Bertz CT molecular complexity index is 4080. The van der Waals surface area contributed by atoms with Gasteiger partial charge in [0.05, 0.1) is 59.9 Å². The van der Waals surface area contributed by atoms with E-state index < -0.39 is 76.3 Å². The highest BCUT2D eigenvalue weighted by Gasteiger charge is 2.66. The Labute approximate surface area is 557 Å². The number of anilines is 1. The molecule has 514 valence electrons. The number of benzene rings is 4. The number of carboxylic acid groups (broad SMARTS) is 2. The third-order valence-corrected chi connectivity index (χ3v) is 20.2. The lowest BCUT2D eigenvalue weighted by atomic mass is 9.39. The number of carbonyl (C=O) groups is 4. The summed E-state index contributed by atoms with van der Waals surface area (Å²) >= 11 is 1.39. The summed E-state index contributed by atoms with van der Waals surface area (Å²) in [5, 5.41) is 64.5. The molecular weight excluding hydrogens is 1280 g/mol. The minimum absolute atomic E-state index is 0.00404. The van der Waals surface area contributed by atoms with Gasteiger partial charge in [-0.15, -0.1) is 0 Å². The lowest BCUT2D eigenvalue weighted by Gasteiger charge is -2.69. The molecule has 7 aromatic rings. The first-order chi connectivity index (χ1) is 45.7. The molecular formula is C67H80N8O19S2. The number of pyridine rings is 1. The van der Waals surface area contributed by atoms with Crippen LogP contribution in [0.1, 0.15) is 84.5 Å². The Balaban J connectivity index is 0.748. The van der Waals surface area contributed by atoms with E-state index in [1.165, 1.54) is 41.5 Å². The van der Waals surface area contributed by atoms with Crippen LogP contribution in [0.3, 0.4) is 0 Å². The molecule has 1 saturated heterocycles. The van der Waals surface area contributed by atoms with E-state index in [2.05, 4.69) is 29.5 Å². The standard InChI is InChI=1S/C67H80N8O19S2/c1-39-48(45-16-17-49(71-53(45)59(80)81)41-13-12-40-8-7-9-46(47(40)26-41)58(79)73-62-72-50-10-5-6-11-52(50)95-62)29-70-75(39)38-66-33-64(2)32-65(3,34-66)36-67(35-64,37-66)92-23-20-74(19-22-88-4)63(84)91-30-42-14-15-44(93-61-56(78)54(76)55(77)57(94-61)60(82)83)27-51(42)90-25-24-89-21-18-69-28-43(68)31-96(85,86)87/h5-17,26-27,29,43,54-57,61,69,76-78H,18-25,28,30-38,68H2,1-4H3,(H,80,81)(H,82,83)(H,72,73,79)(H,85,86,87)/t43-,54+,55+,56-,57+,61-,64?,65?,66?,67?/m1/s1. The van der Waals surface area contributed by atoms with Crippen molar-refractivity contribution < 1.29 is 90.8 Å². The molecule has 5 aliphatic rings. The highest BCUT2D eigenvalue weighted by atomic mass is 32.2. The topological polar surface area (TPSA) is 385 Å². The number of methoxy groups -OCH3 is 1. The molecule has 2 unspecified atom stereocenters. The summed E-state index contributed by atoms with van der Waals surface area (Å²) in [7, 11) is -2.72. The second-order valence-electron chi connectivity index (χ2n) is 26.4. The number of aliphatic hydroxyl groups is 3. The van der Waals surface area contributed by atoms with Crippen molar-refractivity contribution in [3.05, 3.63) is 120 Å². The molecule has 4 aromatic carbocycles. The lowest BCUT2D eigenvalue weighted by molar-refractivity contribution is -0.271. The number of hydrogen-bond acceptors (Lipinski definition) is 22. The van der Waals surface area contributed by atoms with Gasteiger partial charge in [-0.25, -0.2) is 24.4 Å². The smallest absolute Gasteiger partial charge is 0.410 e. The molecule has 29 heteroatoms. The zero-order valence-corrected chi connectivity index (χ0v) is 55.2. The van der Waals surface area contributed by atoms with Crippen molar-refractivity contribution in [3.8, 4) is 33.9 Å². The van der Waals surface area contributed by atoms with Gasteiger partial charge in [-0.2, -0.15) is 13.5 Å². The lowest BCUT2D eigenvalue weighted by Crippen LogP contribution is -2.64. The molecule has 96 heavy (non-hydrogen) atoms. The Morgan fingerprint density at radius 2 is 1.61 bits per heavy atom. The number of ether oxygens (including phenoxy) is 7. The molecule has 4 heterocycles. The SMILES string of the molecule is COCCN(CCOC12CC3(C)CC(C)(CC(Cn4ncc(-c5ccc(-c6ccc7cccc(C(=O)Nc8nc9ccccc9s8)c7c6)nc5C(=O)O)c4C)(C3)C1)C2)C(=O)OCc1ccc(O[C@@H]2O[C@H](C(=O)O)[C@@H](O)[C@H](O)[C@H]2O)cc1OCCOCCNC[C@@H](N)CS(=O)(=O)O. The maximum atomic E-state index is 14.1. The van der Waals surface area contributed by atoms with Crippen molar-refractivity contribution in [1.82, 2.24) is 30.0 Å². The Morgan fingerprint density at radius 1 is 0.844 bits per heavy atom. The van der Waals surface area contributed by atoms with Crippen LogP contribution in [-0.4, -0.2) is 202 Å². The average molecular weight is 1370 g/mol. The largest absolute Gasteiger partial charge is 0.491 e. The Kier molecular flexibility index (Phi) is 20.8. The Morgan fingerprint density at radius 3 is 2.35 bits per heavy atom. The molecule has 0 radical (unpaired) electrons. The van der Waals surface area contributed by atoms with Crippen LogP contribution < -0.4 is 25.8 Å². The number of carboxylic acids is 2. The van der Waals surface area contributed by atoms with E-state index in [9.17, 15) is 53.1 Å². The van der Waals surface area contributed by atoms with Gasteiger partial charge in [-0.3, -0.25) is 19.3 Å². The molecule has 0 spiro atoms. The molecule has 2 amide bonds. The summed E-state index contributed by atoms with van der Waals surface area (Å²) in [6.07, 6.45) is -3.03. The number of aliphatic hydroxyl groups excluding tert-OH is 3. The van der Waals surface area contributed by atoms with Crippen molar-refractivity contribution in [3.63, 3.8) is 0 Å². The number of aromatic carboxylic acids is 1. The van der Waals surface area contributed by atoms with Crippen LogP contribution in [0, 0.1) is 23.2 Å². The second kappa shape index (κ2) is 28.7. The van der Waals surface area contributed by atoms with Crippen LogP contribution in [0.2, 0.25) is 0 Å². The van der Waals surface area contributed by atoms with Crippen LogP contribution in [0.15, 0.2) is 97.2 Å². The summed E-state index contributed by atoms with van der Waals surface area (Å²) in [5.74, 6) is -3.60. The fourth-order valence-corrected chi connectivity index (χ4v) is 16.9. The number of amides is 2. The molecule has 5 fully saturated rings. The van der Waals surface area contributed by atoms with Gasteiger partial charge in [0, 0.05) is 85.5 Å². The summed E-state index contributed by atoms with van der Waals surface area (Å²) in [4.78, 5) is 63.7. The molecule has 8 atom stereocenters. The number of aromatic nitrogens is 4. The monoisotopic (exact) mass is 1360 g/mol. The normalized spacial score (nSPS) is 24.8. The molecule has 27 nitrogen and oxygen atoms in total. The van der Waals surface area contributed by atoms with Gasteiger partial charge in [0.25, 0.3) is 16.0 Å². The van der Waals surface area contributed by atoms with E-state index in [-0.39, 0.29) is 105 Å². The fourth-order valence-electron chi connectivity index (χ4n) is 15.4. The summed E-state index contributed by atoms with van der Waals surface area (Å²) in [6.45, 7) is 8.14. The number of carbonyl (C=O) groups excluding carboxylic acids is 2. The van der Waals surface area contributed by atoms with Crippen LogP contribution >= 0.6 is 11.3 Å². The number of nitrogens with zero attached hydrogens (tertiary/aromatic N) is 5. The predicted octanol–water partition coefficient (Wildman–Crippen LogP) is 6.53. The zero-order chi connectivity index (χ0) is 68.3. The van der Waals surface area contributed by atoms with Gasteiger partial charge >= 0.3 is 18.0 Å². The number of nitrogens with two attached hydrogens (primary N) is 1. The van der Waals surface area contributed by atoms with Crippen molar-refractivity contribution in [2.75, 3.05) is 77.4 Å². The van der Waals surface area contributed by atoms with Gasteiger partial charge in [-0.05, 0) is 121 Å². The average Bonchev–Trinajstić information content (AvgIpc) is 0.784. The number of aliphatic carboxylic acids is 1. The third-order valence-electron chi connectivity index (χ3n) is 18.4. The minimum Gasteiger partial charge on any atom is -0.491 e. The van der Waals surface area contributed by atoms with E-state index >= 15 is 0 Å². The number of para-hydroxylation sites is 1. The molecule has 3 aromatic heterocycles. The van der Waals surface area contributed by atoms with Crippen LogP contribution in [0.25, 0.3) is 43.4 Å². The highest BCUT2D eigenvalue weighted by Crippen LogP contribution is 2.72. The van der Waals surface area contributed by atoms with E-state index in [1.54, 1.807) is 24.4 Å². The molecule has 12 rings (SSSR count). The summed E-state index contributed by atoms with van der Waals surface area (Å²) < 4.78 is 75.5. The molecule has 4 aliphatic carbocycles. The second-order valence-corrected chi connectivity index (χ2v) is 29.0. The number of rotatable bonds is 30. The van der Waals surface area contributed by atoms with Crippen molar-refractivity contribution in [2.45, 2.75) is 115 Å². The zero-order valence-electron chi connectivity index (χ0n) is 53.6. The molecule has 4 saturated carbocycles. The number of nitrogens with one attached hydrogen (secondary N) is 2. The number of fused-ring (bicyclic) bond motifs is 2. The van der Waals surface area contributed by atoms with Gasteiger partial charge < -0.3 is 74.6 Å². The summed E-state index contributed by atoms with van der Waals surface area (Å²) in [5.41, 5.74) is 9.22. The molecule has 4 bridgehead atoms. The van der Waals surface area contributed by atoms with E-state index in [4.69, 9.17) is 53.5 Å². The predicted molar refractivity (Wildman–Crippen MR) is 351 cm³/mol. The van der Waals surface area contributed by atoms with Crippen molar-refractivity contribution in [1.29, 1.82) is 0 Å². The molecule has 1 aliphatic heterocycles. The fraction of sp³-hybridized carbons (Fsp3) is 0.478. The van der Waals surface area contributed by atoms with E-state index in [0.717, 1.165) is 59.8 Å². The quantitative estimate of drug-likeness (QED) is 0.0171.